The van der Waals surface area contributed by atoms with Crippen LogP contribution in [0.5, 0.6) is 11.5 Å². The highest BCUT2D eigenvalue weighted by molar-refractivity contribution is 5.90. The molecule has 0 bridgehead atoms. The highest BCUT2D eigenvalue weighted by atomic mass is 16.5. The zero-order valence-electron chi connectivity index (χ0n) is 17.9. The third-order valence-electron chi connectivity index (χ3n) is 5.69. The summed E-state index contributed by atoms with van der Waals surface area (Å²) in [7, 11) is 1.61. The predicted octanol–water partition coefficient (Wildman–Crippen LogP) is 2.37. The standard InChI is InChI=1S/C23H25N5O4/c1-30-20-13-17-18(14-21(20)32-10-4-7-27-8-11-31-12-9-27)24-15-25-22(17)28-19-6-3-2-5-16(19)23(29)26-28/h2-3,5-6,13-15H,4,7-12H2,1H3,(H,26,29). The molecule has 5 rings (SSSR count). The summed E-state index contributed by atoms with van der Waals surface area (Å²) in [5.41, 5.74) is 1.29. The second-order valence-electron chi connectivity index (χ2n) is 7.67. The summed E-state index contributed by atoms with van der Waals surface area (Å²) in [6.45, 7) is 5.07. The molecule has 2 aromatic carbocycles. The molecule has 0 amide bonds. The molecule has 1 aliphatic heterocycles. The first kappa shape index (κ1) is 20.5. The number of nitrogens with one attached hydrogen (secondary N) is 1. The Morgan fingerprint density at radius 2 is 1.94 bits per heavy atom. The van der Waals surface area contributed by atoms with Gasteiger partial charge in [-0.25, -0.2) is 14.6 Å². The van der Waals surface area contributed by atoms with E-state index in [0.717, 1.165) is 50.2 Å². The molecule has 0 atom stereocenters. The Labute approximate surface area is 184 Å². The molecule has 166 valence electrons. The Morgan fingerprint density at radius 1 is 1.09 bits per heavy atom. The summed E-state index contributed by atoms with van der Waals surface area (Å²) in [5, 5.41) is 4.23. The van der Waals surface area contributed by atoms with Crippen LogP contribution >= 0.6 is 0 Å². The number of hydrogen-bond acceptors (Lipinski definition) is 7. The number of ether oxygens (including phenoxy) is 3. The average Bonchev–Trinajstić information content (AvgIpc) is 3.18. The molecule has 32 heavy (non-hydrogen) atoms. The van der Waals surface area contributed by atoms with E-state index >= 15 is 0 Å². The number of rotatable bonds is 7. The summed E-state index contributed by atoms with van der Waals surface area (Å²) >= 11 is 0. The number of benzene rings is 2. The van der Waals surface area contributed by atoms with Gasteiger partial charge < -0.3 is 14.2 Å². The number of fused-ring (bicyclic) bond motifs is 2. The van der Waals surface area contributed by atoms with Crippen LogP contribution in [0.3, 0.4) is 0 Å². The molecule has 0 saturated carbocycles. The van der Waals surface area contributed by atoms with Gasteiger partial charge in [0.15, 0.2) is 17.3 Å². The van der Waals surface area contributed by atoms with Crippen molar-refractivity contribution >= 4 is 21.8 Å². The van der Waals surface area contributed by atoms with Gasteiger partial charge in [0.1, 0.15) is 6.33 Å². The van der Waals surface area contributed by atoms with E-state index in [-0.39, 0.29) is 5.56 Å². The van der Waals surface area contributed by atoms with E-state index in [4.69, 9.17) is 14.2 Å². The topological polar surface area (TPSA) is 94.5 Å². The van der Waals surface area contributed by atoms with Gasteiger partial charge in [0.25, 0.3) is 5.56 Å². The molecule has 0 unspecified atom stereocenters. The summed E-state index contributed by atoms with van der Waals surface area (Å²) in [6.07, 6.45) is 2.40. The van der Waals surface area contributed by atoms with Crippen LogP contribution in [0.1, 0.15) is 6.42 Å². The minimum atomic E-state index is -0.167. The lowest BCUT2D eigenvalue weighted by atomic mass is 10.2. The summed E-state index contributed by atoms with van der Waals surface area (Å²) in [5.74, 6) is 1.81. The lowest BCUT2D eigenvalue weighted by molar-refractivity contribution is 0.0357. The van der Waals surface area contributed by atoms with E-state index in [1.54, 1.807) is 17.9 Å². The van der Waals surface area contributed by atoms with Gasteiger partial charge >= 0.3 is 0 Å². The first-order valence-electron chi connectivity index (χ1n) is 10.7. The Bertz CT molecular complexity index is 1290. The minimum Gasteiger partial charge on any atom is -0.493 e. The zero-order valence-corrected chi connectivity index (χ0v) is 17.9. The van der Waals surface area contributed by atoms with Crippen molar-refractivity contribution in [3.05, 3.63) is 53.1 Å². The van der Waals surface area contributed by atoms with Crippen LogP contribution in [0.4, 0.5) is 0 Å². The van der Waals surface area contributed by atoms with E-state index in [2.05, 4.69) is 20.0 Å². The molecular weight excluding hydrogens is 410 g/mol. The Balaban J connectivity index is 1.43. The van der Waals surface area contributed by atoms with E-state index in [9.17, 15) is 4.79 Å². The van der Waals surface area contributed by atoms with E-state index < -0.39 is 0 Å². The van der Waals surface area contributed by atoms with E-state index in [0.29, 0.717) is 34.8 Å². The average molecular weight is 435 g/mol. The molecule has 2 aromatic heterocycles. The molecule has 4 aromatic rings. The molecule has 1 fully saturated rings. The molecule has 9 heteroatoms. The van der Waals surface area contributed by atoms with Crippen molar-refractivity contribution in [2.45, 2.75) is 6.42 Å². The van der Waals surface area contributed by atoms with E-state index in [1.807, 2.05) is 30.3 Å². The minimum absolute atomic E-state index is 0.167. The van der Waals surface area contributed by atoms with Crippen LogP contribution in [0.2, 0.25) is 0 Å². The molecule has 1 saturated heterocycles. The Morgan fingerprint density at radius 3 is 2.78 bits per heavy atom. The molecule has 1 N–H and O–H groups in total. The number of aromatic amines is 1. The SMILES string of the molecule is COc1cc2c(-n3[nH]c(=O)c4ccccc43)ncnc2cc1OCCCN1CCOCC1. The van der Waals surface area contributed by atoms with E-state index in [1.165, 1.54) is 6.33 Å². The lowest BCUT2D eigenvalue weighted by Gasteiger charge is -2.26. The van der Waals surface area contributed by atoms with Crippen molar-refractivity contribution in [1.29, 1.82) is 0 Å². The maximum atomic E-state index is 12.4. The van der Waals surface area contributed by atoms with Gasteiger partial charge in [-0.3, -0.25) is 14.8 Å². The predicted molar refractivity (Wildman–Crippen MR) is 121 cm³/mol. The van der Waals surface area contributed by atoms with Crippen LogP contribution in [-0.4, -0.2) is 71.2 Å². The third kappa shape index (κ3) is 3.92. The second kappa shape index (κ2) is 8.97. The van der Waals surface area contributed by atoms with Crippen LogP contribution in [0.15, 0.2) is 47.5 Å². The lowest BCUT2D eigenvalue weighted by Crippen LogP contribution is -2.37. The van der Waals surface area contributed by atoms with Crippen molar-refractivity contribution in [3.63, 3.8) is 0 Å². The van der Waals surface area contributed by atoms with Gasteiger partial charge in [-0.1, -0.05) is 12.1 Å². The van der Waals surface area contributed by atoms with Crippen molar-refractivity contribution < 1.29 is 14.2 Å². The number of methoxy groups -OCH3 is 1. The number of hydrogen-bond donors (Lipinski definition) is 1. The maximum Gasteiger partial charge on any atom is 0.272 e. The van der Waals surface area contributed by atoms with Crippen LogP contribution in [0.25, 0.3) is 27.6 Å². The Hall–Kier alpha value is -3.43. The molecule has 0 radical (unpaired) electrons. The number of aromatic nitrogens is 4. The van der Waals surface area contributed by atoms with Gasteiger partial charge in [-0.2, -0.15) is 0 Å². The number of H-pyrrole nitrogens is 1. The first-order valence-corrected chi connectivity index (χ1v) is 10.7. The molecule has 1 aliphatic rings. The third-order valence-corrected chi connectivity index (χ3v) is 5.69. The molecule has 9 nitrogen and oxygen atoms in total. The fraction of sp³-hybridized carbons (Fsp3) is 0.348. The summed E-state index contributed by atoms with van der Waals surface area (Å²) in [4.78, 5) is 23.6. The number of para-hydroxylation sites is 1. The van der Waals surface area contributed by atoms with Crippen LogP contribution < -0.4 is 15.0 Å². The molecule has 0 spiro atoms. The van der Waals surface area contributed by atoms with Crippen LogP contribution in [-0.2, 0) is 4.74 Å². The number of morpholine rings is 1. The number of nitrogens with zero attached hydrogens (tertiary/aromatic N) is 4. The molecule has 0 aliphatic carbocycles. The van der Waals surface area contributed by atoms with Gasteiger partial charge in [0.05, 0.1) is 43.4 Å². The van der Waals surface area contributed by atoms with Gasteiger partial charge in [-0.05, 0) is 24.6 Å². The van der Waals surface area contributed by atoms with Crippen molar-refractivity contribution in [2.75, 3.05) is 46.6 Å². The monoisotopic (exact) mass is 435 g/mol. The van der Waals surface area contributed by atoms with Gasteiger partial charge in [0, 0.05) is 31.1 Å². The fourth-order valence-electron chi connectivity index (χ4n) is 4.05. The summed E-state index contributed by atoms with van der Waals surface area (Å²) in [6, 6.07) is 11.1. The van der Waals surface area contributed by atoms with Gasteiger partial charge in [0.2, 0.25) is 0 Å². The first-order chi connectivity index (χ1) is 15.7. The smallest absolute Gasteiger partial charge is 0.272 e. The largest absolute Gasteiger partial charge is 0.493 e. The quantitative estimate of drug-likeness (QED) is 0.445. The zero-order chi connectivity index (χ0) is 21.9. The van der Waals surface area contributed by atoms with Crippen molar-refractivity contribution in [2.24, 2.45) is 0 Å². The van der Waals surface area contributed by atoms with Crippen LogP contribution in [0, 0.1) is 0 Å². The highest BCUT2D eigenvalue weighted by Crippen LogP contribution is 2.34. The second-order valence-corrected chi connectivity index (χ2v) is 7.67. The maximum absolute atomic E-state index is 12.4. The van der Waals surface area contributed by atoms with Crippen molar-refractivity contribution in [3.8, 4) is 17.3 Å². The van der Waals surface area contributed by atoms with Gasteiger partial charge in [-0.15, -0.1) is 0 Å². The normalized spacial score (nSPS) is 14.8. The highest BCUT2D eigenvalue weighted by Gasteiger charge is 2.16. The molecule has 3 heterocycles. The Kier molecular flexibility index (Phi) is 5.74. The fourth-order valence-corrected chi connectivity index (χ4v) is 4.05. The van der Waals surface area contributed by atoms with Crippen molar-refractivity contribution in [1.82, 2.24) is 24.6 Å². The summed E-state index contributed by atoms with van der Waals surface area (Å²) < 4.78 is 18.7. The molecular formula is C23H25N5O4.